The monoisotopic (exact) mass is 517 g/mol. The Labute approximate surface area is 218 Å². The van der Waals surface area contributed by atoms with Gasteiger partial charge in [-0.1, -0.05) is 54.1 Å². The molecule has 5 rings (SSSR count). The highest BCUT2D eigenvalue weighted by molar-refractivity contribution is 6.31. The fraction of sp³-hybridized carbons (Fsp3) is 0.172. The summed E-state index contributed by atoms with van der Waals surface area (Å²) in [5.74, 6) is -1.18. The fourth-order valence-electron chi connectivity index (χ4n) is 4.40. The third-order valence-corrected chi connectivity index (χ3v) is 6.47. The largest absolute Gasteiger partial charge is 0.503 e. The predicted octanol–water partition coefficient (Wildman–Crippen LogP) is 5.89. The lowest BCUT2D eigenvalue weighted by atomic mass is 9.95. The lowest BCUT2D eigenvalue weighted by Crippen LogP contribution is -2.33. The van der Waals surface area contributed by atoms with Crippen LogP contribution in [0.1, 0.15) is 27.7 Å². The van der Waals surface area contributed by atoms with E-state index in [1.54, 1.807) is 48.5 Å². The smallest absolute Gasteiger partial charge is 0.290 e. The summed E-state index contributed by atoms with van der Waals surface area (Å²) < 4.78 is 16.8. The van der Waals surface area contributed by atoms with E-state index in [2.05, 4.69) is 0 Å². The number of hydrogen-bond acceptors (Lipinski definition) is 6. The van der Waals surface area contributed by atoms with Crippen LogP contribution in [-0.2, 0) is 16.1 Å². The lowest BCUT2D eigenvalue weighted by Gasteiger charge is -2.26. The van der Waals surface area contributed by atoms with E-state index in [1.165, 1.54) is 12.0 Å². The molecule has 1 aromatic heterocycles. The van der Waals surface area contributed by atoms with Crippen molar-refractivity contribution in [1.82, 2.24) is 4.90 Å². The number of carbonyl (C=O) groups is 2. The summed E-state index contributed by atoms with van der Waals surface area (Å²) in [6.45, 7) is 0.823. The highest BCUT2D eigenvalue weighted by Gasteiger charge is 2.44. The maximum atomic E-state index is 13.6. The van der Waals surface area contributed by atoms with Gasteiger partial charge in [-0.2, -0.15) is 0 Å². The summed E-state index contributed by atoms with van der Waals surface area (Å²) in [7, 11) is 1.52. The Balaban J connectivity index is 1.46. The van der Waals surface area contributed by atoms with Crippen molar-refractivity contribution < 1.29 is 28.6 Å². The number of hydrogen-bond donors (Lipinski definition) is 1. The van der Waals surface area contributed by atoms with Gasteiger partial charge in [-0.05, 0) is 47.5 Å². The van der Waals surface area contributed by atoms with Gasteiger partial charge in [-0.25, -0.2) is 0 Å². The van der Waals surface area contributed by atoms with Crippen LogP contribution in [0.3, 0.4) is 0 Å². The molecule has 7 nitrogen and oxygen atoms in total. The molecular weight excluding hydrogens is 494 g/mol. The van der Waals surface area contributed by atoms with Gasteiger partial charge in [0, 0.05) is 24.1 Å². The predicted molar refractivity (Wildman–Crippen MR) is 139 cm³/mol. The van der Waals surface area contributed by atoms with E-state index >= 15 is 0 Å². The van der Waals surface area contributed by atoms with Crippen molar-refractivity contribution in [2.45, 2.75) is 12.6 Å². The first-order chi connectivity index (χ1) is 18.0. The van der Waals surface area contributed by atoms with Crippen LogP contribution in [0.4, 0.5) is 0 Å². The molecule has 1 unspecified atom stereocenters. The molecule has 1 N–H and O–H groups in total. The van der Waals surface area contributed by atoms with Gasteiger partial charge >= 0.3 is 0 Å². The number of amides is 1. The molecule has 1 amide bonds. The molecule has 0 saturated heterocycles. The standard InChI is InChI=1S/C29H24ClNO6/c1-35-14-13-31-26(19-7-10-22(11-8-19)36-17-18-5-3-2-4-6-18)25(28(33)29(31)34)27(32)24-16-20-15-21(30)9-12-23(20)37-24/h2-12,15-16,26,33H,13-14,17H2,1H3. The van der Waals surface area contributed by atoms with E-state index < -0.39 is 23.5 Å². The molecule has 0 saturated carbocycles. The van der Waals surface area contributed by atoms with Gasteiger partial charge in [-0.3, -0.25) is 9.59 Å². The maximum absolute atomic E-state index is 13.6. The third kappa shape index (κ3) is 4.96. The Morgan fingerprint density at radius 3 is 2.54 bits per heavy atom. The van der Waals surface area contributed by atoms with E-state index in [-0.39, 0.29) is 24.5 Å². The summed E-state index contributed by atoms with van der Waals surface area (Å²) in [6.07, 6.45) is 0. The number of benzene rings is 3. The molecule has 37 heavy (non-hydrogen) atoms. The number of aliphatic hydroxyl groups excluding tert-OH is 1. The van der Waals surface area contributed by atoms with Gasteiger partial charge < -0.3 is 23.9 Å². The van der Waals surface area contributed by atoms with Crippen LogP contribution in [0.15, 0.2) is 94.6 Å². The van der Waals surface area contributed by atoms with Crippen LogP contribution in [-0.4, -0.2) is 42.0 Å². The molecule has 3 aromatic carbocycles. The van der Waals surface area contributed by atoms with Gasteiger partial charge in [0.2, 0.25) is 5.78 Å². The number of rotatable bonds is 9. The molecule has 1 aliphatic rings. The molecule has 0 spiro atoms. The first-order valence-corrected chi connectivity index (χ1v) is 12.1. The summed E-state index contributed by atoms with van der Waals surface area (Å²) in [6, 6.07) is 22.6. The third-order valence-electron chi connectivity index (χ3n) is 6.23. The van der Waals surface area contributed by atoms with E-state index in [0.29, 0.717) is 33.9 Å². The van der Waals surface area contributed by atoms with Crippen molar-refractivity contribution in [2.75, 3.05) is 20.3 Å². The van der Waals surface area contributed by atoms with Crippen molar-refractivity contribution in [3.8, 4) is 5.75 Å². The number of nitrogens with zero attached hydrogens (tertiary/aromatic N) is 1. The minimum absolute atomic E-state index is 0.00743. The van der Waals surface area contributed by atoms with Gasteiger partial charge in [0.15, 0.2) is 11.5 Å². The number of methoxy groups -OCH3 is 1. The minimum atomic E-state index is -0.824. The Bertz CT molecular complexity index is 1480. The number of ketones is 1. The zero-order chi connectivity index (χ0) is 25.9. The number of fused-ring (bicyclic) bond motifs is 1. The van der Waals surface area contributed by atoms with Crippen molar-refractivity contribution in [2.24, 2.45) is 0 Å². The Morgan fingerprint density at radius 1 is 1.05 bits per heavy atom. The van der Waals surface area contributed by atoms with Crippen LogP contribution in [0.25, 0.3) is 11.0 Å². The molecule has 1 aliphatic heterocycles. The van der Waals surface area contributed by atoms with E-state index in [1.807, 2.05) is 30.3 Å². The Morgan fingerprint density at radius 2 is 1.81 bits per heavy atom. The van der Waals surface area contributed by atoms with Crippen molar-refractivity contribution in [3.63, 3.8) is 0 Å². The molecule has 0 fully saturated rings. The SMILES string of the molecule is COCCN1C(=O)C(O)=C(C(=O)c2cc3cc(Cl)ccc3o2)C1c1ccc(OCc2ccccc2)cc1. The van der Waals surface area contributed by atoms with Gasteiger partial charge in [0.25, 0.3) is 5.91 Å². The Kier molecular flexibility index (Phi) is 6.99. The molecule has 2 heterocycles. The molecule has 8 heteroatoms. The zero-order valence-electron chi connectivity index (χ0n) is 20.0. The highest BCUT2D eigenvalue weighted by Crippen LogP contribution is 2.40. The van der Waals surface area contributed by atoms with Crippen molar-refractivity contribution in [3.05, 3.63) is 112 Å². The molecular formula is C29H24ClNO6. The average Bonchev–Trinajstić information content (AvgIpc) is 3.45. The molecule has 0 aliphatic carbocycles. The van der Waals surface area contributed by atoms with Gasteiger partial charge in [0.1, 0.15) is 17.9 Å². The van der Waals surface area contributed by atoms with Crippen LogP contribution >= 0.6 is 11.6 Å². The quantitative estimate of drug-likeness (QED) is 0.278. The number of ether oxygens (including phenoxy) is 2. The van der Waals surface area contributed by atoms with Crippen LogP contribution in [0.5, 0.6) is 5.75 Å². The molecule has 0 bridgehead atoms. The fourth-order valence-corrected chi connectivity index (χ4v) is 4.58. The minimum Gasteiger partial charge on any atom is -0.503 e. The van der Waals surface area contributed by atoms with E-state index in [0.717, 1.165) is 5.56 Å². The zero-order valence-corrected chi connectivity index (χ0v) is 20.8. The second-order valence-electron chi connectivity index (χ2n) is 8.62. The topological polar surface area (TPSA) is 89.2 Å². The number of aliphatic hydroxyl groups is 1. The number of Topliss-reactive ketones (excluding diaryl/α,β-unsaturated/α-hetero) is 1. The van der Waals surface area contributed by atoms with Crippen LogP contribution < -0.4 is 4.74 Å². The normalized spacial score (nSPS) is 15.6. The second kappa shape index (κ2) is 10.5. The van der Waals surface area contributed by atoms with Crippen molar-refractivity contribution in [1.29, 1.82) is 0 Å². The average molecular weight is 518 g/mol. The first-order valence-electron chi connectivity index (χ1n) is 11.7. The molecule has 4 aromatic rings. The molecule has 0 radical (unpaired) electrons. The van der Waals surface area contributed by atoms with Gasteiger partial charge in [-0.15, -0.1) is 0 Å². The van der Waals surface area contributed by atoms with Crippen LogP contribution in [0, 0.1) is 0 Å². The summed E-state index contributed by atoms with van der Waals surface area (Å²) in [5, 5.41) is 12.0. The van der Waals surface area contributed by atoms with E-state index in [4.69, 9.17) is 25.5 Å². The molecule has 1 atom stereocenters. The second-order valence-corrected chi connectivity index (χ2v) is 9.06. The number of carbonyl (C=O) groups excluding carboxylic acids is 2. The highest BCUT2D eigenvalue weighted by atomic mass is 35.5. The number of furan rings is 1. The number of halogens is 1. The first kappa shape index (κ1) is 24.6. The summed E-state index contributed by atoms with van der Waals surface area (Å²) >= 11 is 6.07. The maximum Gasteiger partial charge on any atom is 0.290 e. The van der Waals surface area contributed by atoms with Gasteiger partial charge in [0.05, 0.1) is 18.2 Å². The van der Waals surface area contributed by atoms with Crippen LogP contribution in [0.2, 0.25) is 5.02 Å². The lowest BCUT2D eigenvalue weighted by molar-refractivity contribution is -0.130. The summed E-state index contributed by atoms with van der Waals surface area (Å²) in [5.41, 5.74) is 2.10. The van der Waals surface area contributed by atoms with E-state index in [9.17, 15) is 14.7 Å². The molecule has 188 valence electrons. The Hall–Kier alpha value is -4.07. The summed E-state index contributed by atoms with van der Waals surface area (Å²) in [4.78, 5) is 28.1. The van der Waals surface area contributed by atoms with Crippen molar-refractivity contribution >= 4 is 34.3 Å².